The maximum absolute atomic E-state index is 13.8. The van der Waals surface area contributed by atoms with E-state index in [1.54, 1.807) is 0 Å². The molecule has 0 spiro atoms. The Labute approximate surface area is 224 Å². The van der Waals surface area contributed by atoms with Crippen LogP contribution in [0.2, 0.25) is 0 Å². The number of hydrogen-bond donors (Lipinski definition) is 0. The lowest BCUT2D eigenvalue weighted by Gasteiger charge is -2.36. The molecule has 2 aromatic carbocycles. The summed E-state index contributed by atoms with van der Waals surface area (Å²) in [5.74, 6) is 0.987. The Balaban J connectivity index is 1.77. The van der Waals surface area contributed by atoms with Gasteiger partial charge in [0.25, 0.3) is 5.69 Å². The van der Waals surface area contributed by atoms with Crippen LogP contribution in [-0.2, 0) is 16.6 Å². The summed E-state index contributed by atoms with van der Waals surface area (Å²) in [6.07, 6.45) is 0. The molecule has 1 aromatic heterocycles. The first-order chi connectivity index (χ1) is 18.1. The second kappa shape index (κ2) is 11.6. The number of nitro groups is 1. The maximum atomic E-state index is 13.8. The molecule has 0 bridgehead atoms. The quantitative estimate of drug-likeness (QED) is 0.282. The zero-order valence-electron chi connectivity index (χ0n) is 22.4. The molecule has 0 saturated carbocycles. The predicted molar refractivity (Wildman–Crippen MR) is 148 cm³/mol. The van der Waals surface area contributed by atoms with Crippen LogP contribution in [0.1, 0.15) is 32.0 Å². The second-order valence-electron chi connectivity index (χ2n) is 10.00. The summed E-state index contributed by atoms with van der Waals surface area (Å²) in [5, 5.41) is 16.0. The van der Waals surface area contributed by atoms with Crippen molar-refractivity contribution in [2.45, 2.75) is 39.1 Å². The monoisotopic (exact) mass is 540 g/mol. The zero-order valence-corrected chi connectivity index (χ0v) is 23.3. The Morgan fingerprint density at radius 1 is 1.03 bits per heavy atom. The van der Waals surface area contributed by atoms with Crippen LogP contribution in [0.4, 0.5) is 11.5 Å². The van der Waals surface area contributed by atoms with Gasteiger partial charge in [-0.2, -0.15) is 9.40 Å². The van der Waals surface area contributed by atoms with Gasteiger partial charge in [0, 0.05) is 57.0 Å². The number of anilines is 1. The zero-order chi connectivity index (χ0) is 27.4. The normalized spacial score (nSPS) is 14.9. The van der Waals surface area contributed by atoms with Crippen LogP contribution < -0.4 is 4.90 Å². The van der Waals surface area contributed by atoms with E-state index in [0.717, 1.165) is 55.5 Å². The molecule has 38 heavy (non-hydrogen) atoms. The molecule has 4 rings (SSSR count). The lowest BCUT2D eigenvalue weighted by molar-refractivity contribution is -0.384. The number of aryl methyl sites for hydroxylation is 1. The highest BCUT2D eigenvalue weighted by Gasteiger charge is 2.31. The van der Waals surface area contributed by atoms with Crippen molar-refractivity contribution >= 4 is 21.5 Å². The third-order valence-electron chi connectivity index (χ3n) is 6.87. The molecule has 2 heterocycles. The van der Waals surface area contributed by atoms with Gasteiger partial charge in [0.1, 0.15) is 5.82 Å². The summed E-state index contributed by atoms with van der Waals surface area (Å²) in [7, 11) is -3.92. The summed E-state index contributed by atoms with van der Waals surface area (Å²) in [5.41, 5.74) is 2.41. The molecule has 3 aromatic rings. The number of likely N-dealkylation sites (N-methyl/N-ethyl adjacent to an activating group) is 1. The van der Waals surface area contributed by atoms with Gasteiger partial charge in [0.2, 0.25) is 10.0 Å². The molecular formula is C27H36N6O4S. The minimum Gasteiger partial charge on any atom is -0.354 e. The van der Waals surface area contributed by atoms with Gasteiger partial charge in [-0.15, -0.1) is 0 Å². The van der Waals surface area contributed by atoms with Crippen molar-refractivity contribution in [3.05, 3.63) is 76.0 Å². The average Bonchev–Trinajstić information content (AvgIpc) is 3.24. The van der Waals surface area contributed by atoms with Gasteiger partial charge in [-0.3, -0.25) is 10.1 Å². The van der Waals surface area contributed by atoms with Crippen LogP contribution in [0, 0.1) is 23.0 Å². The Bertz CT molecular complexity index is 1350. The fourth-order valence-corrected chi connectivity index (χ4v) is 6.37. The molecular weight excluding hydrogens is 504 g/mol. The average molecular weight is 541 g/mol. The molecule has 1 fully saturated rings. The number of piperazine rings is 1. The van der Waals surface area contributed by atoms with Crippen LogP contribution in [0.5, 0.6) is 0 Å². The molecule has 1 saturated heterocycles. The predicted octanol–water partition coefficient (Wildman–Crippen LogP) is 4.08. The molecule has 0 amide bonds. The molecule has 0 radical (unpaired) electrons. The van der Waals surface area contributed by atoms with Crippen molar-refractivity contribution in [3.63, 3.8) is 0 Å². The smallest absolute Gasteiger partial charge is 0.269 e. The van der Waals surface area contributed by atoms with Crippen molar-refractivity contribution in [2.75, 3.05) is 44.2 Å². The van der Waals surface area contributed by atoms with Crippen LogP contribution in [0.25, 0.3) is 5.69 Å². The van der Waals surface area contributed by atoms with E-state index >= 15 is 0 Å². The van der Waals surface area contributed by atoms with Gasteiger partial charge in [0.05, 0.1) is 21.2 Å². The van der Waals surface area contributed by atoms with Crippen molar-refractivity contribution < 1.29 is 13.3 Å². The number of para-hydroxylation sites is 1. The summed E-state index contributed by atoms with van der Waals surface area (Å²) < 4.78 is 31.0. The third-order valence-corrected chi connectivity index (χ3v) is 8.69. The van der Waals surface area contributed by atoms with E-state index in [-0.39, 0.29) is 23.0 Å². The second-order valence-corrected chi connectivity index (χ2v) is 11.9. The highest BCUT2D eigenvalue weighted by Crippen LogP contribution is 2.32. The van der Waals surface area contributed by atoms with Gasteiger partial charge in [-0.25, -0.2) is 13.1 Å². The van der Waals surface area contributed by atoms with E-state index in [0.29, 0.717) is 6.54 Å². The van der Waals surface area contributed by atoms with E-state index in [2.05, 4.69) is 16.7 Å². The van der Waals surface area contributed by atoms with Gasteiger partial charge in [0.15, 0.2) is 0 Å². The van der Waals surface area contributed by atoms with Crippen molar-refractivity contribution in [1.29, 1.82) is 0 Å². The Morgan fingerprint density at radius 2 is 1.66 bits per heavy atom. The molecule has 0 atom stereocenters. The molecule has 0 aliphatic carbocycles. The van der Waals surface area contributed by atoms with Crippen LogP contribution in [0.3, 0.4) is 0 Å². The number of non-ortho nitro benzene ring substituents is 1. The first kappa shape index (κ1) is 27.7. The molecule has 0 N–H and O–H groups in total. The van der Waals surface area contributed by atoms with E-state index in [1.165, 1.54) is 28.6 Å². The van der Waals surface area contributed by atoms with Crippen molar-refractivity contribution in [3.8, 4) is 5.69 Å². The first-order valence-electron chi connectivity index (χ1n) is 13.0. The molecule has 0 unspecified atom stereocenters. The molecule has 204 valence electrons. The van der Waals surface area contributed by atoms with Gasteiger partial charge in [-0.1, -0.05) is 39.0 Å². The number of nitro benzene ring substituents is 1. The van der Waals surface area contributed by atoms with Gasteiger partial charge < -0.3 is 9.80 Å². The number of benzene rings is 2. The maximum Gasteiger partial charge on any atom is 0.269 e. The van der Waals surface area contributed by atoms with Crippen molar-refractivity contribution in [1.82, 2.24) is 19.0 Å². The van der Waals surface area contributed by atoms with Gasteiger partial charge in [-0.05, 0) is 43.7 Å². The van der Waals surface area contributed by atoms with E-state index in [9.17, 15) is 18.5 Å². The van der Waals surface area contributed by atoms with Gasteiger partial charge >= 0.3 is 0 Å². The fourth-order valence-electron chi connectivity index (χ4n) is 4.80. The summed E-state index contributed by atoms with van der Waals surface area (Å²) in [4.78, 5) is 15.3. The lowest BCUT2D eigenvalue weighted by atomic mass is 10.1. The van der Waals surface area contributed by atoms with Crippen LogP contribution in [-0.4, -0.2) is 71.6 Å². The van der Waals surface area contributed by atoms with Crippen molar-refractivity contribution in [2.24, 2.45) is 5.92 Å². The summed E-state index contributed by atoms with van der Waals surface area (Å²) in [6, 6.07) is 15.0. The first-order valence-corrected chi connectivity index (χ1v) is 14.4. The number of aromatic nitrogens is 2. The number of rotatable bonds is 10. The SMILES string of the molecule is CCN1CCN(c2c(CN(CC(C)C)S(=O)(=O)c3ccc([N+](=O)[O-])cc3)c(C)nn2-c2ccccc2)CC1. The van der Waals surface area contributed by atoms with E-state index in [1.807, 2.05) is 55.8 Å². The molecule has 1 aliphatic heterocycles. The number of nitrogens with zero attached hydrogens (tertiary/aromatic N) is 6. The van der Waals surface area contributed by atoms with Crippen LogP contribution >= 0.6 is 0 Å². The fraction of sp³-hybridized carbons (Fsp3) is 0.444. The highest BCUT2D eigenvalue weighted by atomic mass is 32.2. The topological polar surface area (TPSA) is 105 Å². The Morgan fingerprint density at radius 3 is 2.21 bits per heavy atom. The minimum atomic E-state index is -3.92. The minimum absolute atomic E-state index is 0.0370. The molecule has 10 nitrogen and oxygen atoms in total. The number of hydrogen-bond acceptors (Lipinski definition) is 7. The molecule has 11 heteroatoms. The standard InChI is InChI=1S/C27H36N6O4S/c1-5-29-15-17-30(18-16-29)27-26(22(4)28-32(27)23-9-7-6-8-10-23)20-31(19-21(2)3)38(36,37)25-13-11-24(12-14-25)33(34)35/h6-14,21H,5,15-20H2,1-4H3. The van der Waals surface area contributed by atoms with E-state index in [4.69, 9.17) is 5.10 Å². The number of sulfonamides is 1. The third kappa shape index (κ3) is 5.90. The Kier molecular flexibility index (Phi) is 8.49. The summed E-state index contributed by atoms with van der Waals surface area (Å²) >= 11 is 0. The Hall–Kier alpha value is -3.28. The van der Waals surface area contributed by atoms with E-state index < -0.39 is 14.9 Å². The molecule has 1 aliphatic rings. The largest absolute Gasteiger partial charge is 0.354 e. The lowest BCUT2D eigenvalue weighted by Crippen LogP contribution is -2.47. The highest BCUT2D eigenvalue weighted by molar-refractivity contribution is 7.89. The summed E-state index contributed by atoms with van der Waals surface area (Å²) in [6.45, 7) is 13.0. The van der Waals surface area contributed by atoms with Crippen LogP contribution in [0.15, 0.2) is 59.5 Å².